The molecule has 0 heterocycles. The van der Waals surface area contributed by atoms with Crippen molar-refractivity contribution in [3.05, 3.63) is 33.8 Å². The fourth-order valence-corrected chi connectivity index (χ4v) is 2.87. The largest absolute Gasteiger partial charge is 0.349 e. The van der Waals surface area contributed by atoms with Crippen molar-refractivity contribution in [3.63, 3.8) is 0 Å². The second-order valence-electron chi connectivity index (χ2n) is 4.36. The van der Waals surface area contributed by atoms with Crippen molar-refractivity contribution in [2.24, 2.45) is 5.73 Å². The first-order chi connectivity index (χ1) is 8.22. The van der Waals surface area contributed by atoms with Crippen molar-refractivity contribution < 1.29 is 4.79 Å². The van der Waals surface area contributed by atoms with Crippen molar-refractivity contribution in [1.82, 2.24) is 5.32 Å². The molecular formula is C13H18BrClN2O. The lowest BCUT2D eigenvalue weighted by Crippen LogP contribution is -2.27. The molecule has 1 atom stereocenters. The van der Waals surface area contributed by atoms with Gasteiger partial charge in [-0.15, -0.1) is 12.4 Å². The van der Waals surface area contributed by atoms with E-state index in [0.717, 1.165) is 23.7 Å². The van der Waals surface area contributed by atoms with E-state index in [9.17, 15) is 4.79 Å². The molecule has 1 aliphatic rings. The molecule has 0 saturated heterocycles. The number of nitrogens with one attached hydrogen (secondary N) is 1. The third kappa shape index (κ3) is 3.46. The van der Waals surface area contributed by atoms with Crippen LogP contribution in [0.25, 0.3) is 0 Å². The molecule has 5 heteroatoms. The molecule has 1 aromatic carbocycles. The Morgan fingerprint density at radius 1 is 1.50 bits per heavy atom. The Labute approximate surface area is 122 Å². The van der Waals surface area contributed by atoms with Crippen LogP contribution in [0.2, 0.25) is 0 Å². The van der Waals surface area contributed by atoms with E-state index >= 15 is 0 Å². The van der Waals surface area contributed by atoms with Crippen LogP contribution in [-0.4, -0.2) is 12.5 Å². The predicted octanol–water partition coefficient (Wildman–Crippen LogP) is 2.71. The molecule has 0 aliphatic heterocycles. The van der Waals surface area contributed by atoms with E-state index in [2.05, 4.69) is 33.4 Å². The molecule has 0 fully saturated rings. The molecule has 1 aliphatic carbocycles. The zero-order chi connectivity index (χ0) is 12.3. The molecule has 3 nitrogen and oxygen atoms in total. The van der Waals surface area contributed by atoms with E-state index in [1.165, 1.54) is 11.1 Å². The summed E-state index contributed by atoms with van der Waals surface area (Å²) in [4.78, 5) is 11.7. The van der Waals surface area contributed by atoms with E-state index in [1.54, 1.807) is 0 Å². The molecule has 0 saturated carbocycles. The average Bonchev–Trinajstić information content (AvgIpc) is 2.71. The van der Waals surface area contributed by atoms with E-state index in [0.29, 0.717) is 13.0 Å². The molecule has 0 radical (unpaired) electrons. The first-order valence-electron chi connectivity index (χ1n) is 5.99. The fraction of sp³-hybridized carbons (Fsp3) is 0.462. The minimum Gasteiger partial charge on any atom is -0.349 e. The van der Waals surface area contributed by atoms with Crippen molar-refractivity contribution in [3.8, 4) is 0 Å². The minimum absolute atomic E-state index is 0. The van der Waals surface area contributed by atoms with Gasteiger partial charge in [0, 0.05) is 10.9 Å². The summed E-state index contributed by atoms with van der Waals surface area (Å²) in [7, 11) is 0. The third-order valence-electron chi connectivity index (χ3n) is 3.16. The number of benzene rings is 1. The summed E-state index contributed by atoms with van der Waals surface area (Å²) in [5, 5.41) is 3.08. The van der Waals surface area contributed by atoms with Gasteiger partial charge in [0.05, 0.1) is 6.04 Å². The zero-order valence-electron chi connectivity index (χ0n) is 10.1. The third-order valence-corrected chi connectivity index (χ3v) is 3.90. The number of hydrogen-bond donors (Lipinski definition) is 2. The van der Waals surface area contributed by atoms with Gasteiger partial charge in [0.2, 0.25) is 5.91 Å². The van der Waals surface area contributed by atoms with Crippen molar-refractivity contribution >= 4 is 34.2 Å². The first-order valence-corrected chi connectivity index (χ1v) is 6.78. The minimum atomic E-state index is 0. The van der Waals surface area contributed by atoms with E-state index in [4.69, 9.17) is 5.73 Å². The maximum Gasteiger partial charge on any atom is 0.220 e. The van der Waals surface area contributed by atoms with Gasteiger partial charge in [0.15, 0.2) is 0 Å². The highest BCUT2D eigenvalue weighted by atomic mass is 79.9. The van der Waals surface area contributed by atoms with Gasteiger partial charge in [-0.3, -0.25) is 4.79 Å². The smallest absolute Gasteiger partial charge is 0.220 e. The van der Waals surface area contributed by atoms with Crippen LogP contribution in [0.15, 0.2) is 22.7 Å². The topological polar surface area (TPSA) is 55.1 Å². The van der Waals surface area contributed by atoms with Crippen molar-refractivity contribution in [1.29, 1.82) is 0 Å². The van der Waals surface area contributed by atoms with Crippen LogP contribution in [0, 0.1) is 0 Å². The van der Waals surface area contributed by atoms with Crippen LogP contribution in [0.1, 0.15) is 36.4 Å². The highest BCUT2D eigenvalue weighted by Crippen LogP contribution is 2.35. The maximum absolute atomic E-state index is 11.7. The van der Waals surface area contributed by atoms with Gasteiger partial charge in [-0.1, -0.05) is 28.1 Å². The highest BCUT2D eigenvalue weighted by molar-refractivity contribution is 9.10. The average molecular weight is 334 g/mol. The van der Waals surface area contributed by atoms with Gasteiger partial charge in [0.1, 0.15) is 0 Å². The highest BCUT2D eigenvalue weighted by Gasteiger charge is 2.24. The molecule has 3 N–H and O–H groups in total. The van der Waals surface area contributed by atoms with Crippen molar-refractivity contribution in [2.75, 3.05) is 6.54 Å². The Hall–Kier alpha value is -0.580. The first kappa shape index (κ1) is 15.5. The van der Waals surface area contributed by atoms with Crippen LogP contribution in [-0.2, 0) is 11.2 Å². The Morgan fingerprint density at radius 3 is 3.00 bits per heavy atom. The molecule has 0 bridgehead atoms. The molecule has 1 aromatic rings. The Bertz CT molecular complexity index is 425. The summed E-state index contributed by atoms with van der Waals surface area (Å²) in [6.45, 7) is 0.570. The van der Waals surface area contributed by atoms with Gasteiger partial charge < -0.3 is 11.1 Å². The number of halogens is 2. The molecule has 100 valence electrons. The van der Waals surface area contributed by atoms with Gasteiger partial charge in [0.25, 0.3) is 0 Å². The quantitative estimate of drug-likeness (QED) is 0.890. The summed E-state index contributed by atoms with van der Waals surface area (Å²) in [5.74, 6) is 0.105. The Kier molecular flexibility index (Phi) is 6.12. The van der Waals surface area contributed by atoms with Crippen LogP contribution in [0.3, 0.4) is 0 Å². The lowest BCUT2D eigenvalue weighted by atomic mass is 10.1. The normalized spacial score (nSPS) is 16.9. The molecule has 2 rings (SSSR count). The Balaban J connectivity index is 0.00000162. The van der Waals surface area contributed by atoms with Crippen LogP contribution in [0.4, 0.5) is 0 Å². The summed E-state index contributed by atoms with van der Waals surface area (Å²) >= 11 is 3.55. The predicted molar refractivity (Wildman–Crippen MR) is 78.9 cm³/mol. The zero-order valence-corrected chi connectivity index (χ0v) is 12.5. The van der Waals surface area contributed by atoms with Gasteiger partial charge in [-0.25, -0.2) is 0 Å². The number of amides is 1. The summed E-state index contributed by atoms with van der Waals surface area (Å²) in [6, 6.07) is 6.35. The van der Waals surface area contributed by atoms with E-state index in [-0.39, 0.29) is 24.4 Å². The summed E-state index contributed by atoms with van der Waals surface area (Å²) in [5.41, 5.74) is 7.98. The second kappa shape index (κ2) is 7.12. The molecule has 1 amide bonds. The monoisotopic (exact) mass is 332 g/mol. The van der Waals surface area contributed by atoms with Gasteiger partial charge in [-0.05, 0) is 43.0 Å². The standard InChI is InChI=1S/C13H17BrN2O.ClH/c14-11-4-1-3-10-9(11)6-7-12(10)16-13(17)5-2-8-15;/h1,3-4,12H,2,5-8,15H2,(H,16,17);1H. The number of fused-ring (bicyclic) bond motifs is 1. The Morgan fingerprint density at radius 2 is 2.28 bits per heavy atom. The number of hydrogen-bond acceptors (Lipinski definition) is 2. The van der Waals surface area contributed by atoms with Gasteiger partial charge in [-0.2, -0.15) is 0 Å². The van der Waals surface area contributed by atoms with Crippen LogP contribution < -0.4 is 11.1 Å². The maximum atomic E-state index is 11.7. The lowest BCUT2D eigenvalue weighted by Gasteiger charge is -2.14. The van der Waals surface area contributed by atoms with E-state index < -0.39 is 0 Å². The number of carbonyl (C=O) groups is 1. The number of rotatable bonds is 4. The van der Waals surface area contributed by atoms with Gasteiger partial charge >= 0.3 is 0 Å². The lowest BCUT2D eigenvalue weighted by molar-refractivity contribution is -0.121. The second-order valence-corrected chi connectivity index (χ2v) is 5.21. The van der Waals surface area contributed by atoms with Crippen LogP contribution >= 0.6 is 28.3 Å². The summed E-state index contributed by atoms with van der Waals surface area (Å²) < 4.78 is 1.15. The molecular weight excluding hydrogens is 316 g/mol. The van der Waals surface area contributed by atoms with Crippen LogP contribution in [0.5, 0.6) is 0 Å². The number of nitrogens with two attached hydrogens (primary N) is 1. The fourth-order valence-electron chi connectivity index (χ4n) is 2.29. The molecule has 0 aromatic heterocycles. The molecule has 0 spiro atoms. The summed E-state index contributed by atoms with van der Waals surface area (Å²) in [6.07, 6.45) is 3.30. The molecule has 1 unspecified atom stereocenters. The van der Waals surface area contributed by atoms with Crippen molar-refractivity contribution in [2.45, 2.75) is 31.7 Å². The molecule has 18 heavy (non-hydrogen) atoms. The number of carbonyl (C=O) groups excluding carboxylic acids is 1. The SMILES string of the molecule is Cl.NCCCC(=O)NC1CCc2c(Br)cccc21. The van der Waals surface area contributed by atoms with E-state index in [1.807, 2.05) is 6.07 Å².